The zero-order chi connectivity index (χ0) is 15.4. The number of hydrogen-bond donors (Lipinski definition) is 1. The monoisotopic (exact) mass is 288 g/mol. The standard InChI is InChI=1S/C15H16N2O4/c1-10-5-6-16-13(8-10)17(9-11(2)15(19)20)14(18)12-4-3-7-21-12/h3-8,11H,9H2,1-2H3,(H,19,20). The molecule has 21 heavy (non-hydrogen) atoms. The summed E-state index contributed by atoms with van der Waals surface area (Å²) in [6.07, 6.45) is 2.98. The van der Waals surface area contributed by atoms with Crippen LogP contribution in [0.5, 0.6) is 0 Å². The Balaban J connectivity index is 2.34. The van der Waals surface area contributed by atoms with Crippen molar-refractivity contribution in [1.29, 1.82) is 0 Å². The summed E-state index contributed by atoms with van der Waals surface area (Å²) < 4.78 is 5.10. The summed E-state index contributed by atoms with van der Waals surface area (Å²) in [5.41, 5.74) is 0.931. The van der Waals surface area contributed by atoms with E-state index < -0.39 is 17.8 Å². The lowest BCUT2D eigenvalue weighted by atomic mass is 10.1. The van der Waals surface area contributed by atoms with E-state index in [4.69, 9.17) is 9.52 Å². The van der Waals surface area contributed by atoms with Crippen LogP contribution < -0.4 is 4.90 Å². The minimum absolute atomic E-state index is 0.0192. The molecule has 0 saturated heterocycles. The van der Waals surface area contributed by atoms with E-state index in [1.54, 1.807) is 31.3 Å². The molecular formula is C15H16N2O4. The highest BCUT2D eigenvalue weighted by Crippen LogP contribution is 2.18. The maximum Gasteiger partial charge on any atom is 0.308 e. The number of carboxylic acids is 1. The van der Waals surface area contributed by atoms with Crippen molar-refractivity contribution < 1.29 is 19.1 Å². The van der Waals surface area contributed by atoms with Gasteiger partial charge in [-0.05, 0) is 36.8 Å². The predicted molar refractivity (Wildman–Crippen MR) is 76.2 cm³/mol. The zero-order valence-corrected chi connectivity index (χ0v) is 11.8. The van der Waals surface area contributed by atoms with Gasteiger partial charge in [-0.15, -0.1) is 0 Å². The van der Waals surface area contributed by atoms with Crippen molar-refractivity contribution in [3.8, 4) is 0 Å². The second-order valence-electron chi connectivity index (χ2n) is 4.82. The van der Waals surface area contributed by atoms with Crippen molar-refractivity contribution in [1.82, 2.24) is 4.98 Å². The molecule has 6 nitrogen and oxygen atoms in total. The van der Waals surface area contributed by atoms with Crippen LogP contribution in [-0.4, -0.2) is 28.5 Å². The minimum atomic E-state index is -0.972. The van der Waals surface area contributed by atoms with Crippen LogP contribution >= 0.6 is 0 Å². The molecule has 0 fully saturated rings. The van der Waals surface area contributed by atoms with Crippen LogP contribution in [0.1, 0.15) is 23.0 Å². The fourth-order valence-electron chi connectivity index (χ4n) is 1.83. The molecule has 2 heterocycles. The Morgan fingerprint density at radius 3 is 2.76 bits per heavy atom. The van der Waals surface area contributed by atoms with E-state index in [0.717, 1.165) is 5.56 Å². The second-order valence-corrected chi connectivity index (χ2v) is 4.82. The van der Waals surface area contributed by atoms with Gasteiger partial charge >= 0.3 is 5.97 Å². The molecule has 0 bridgehead atoms. The Morgan fingerprint density at radius 1 is 1.43 bits per heavy atom. The quantitative estimate of drug-likeness (QED) is 0.913. The summed E-state index contributed by atoms with van der Waals surface area (Å²) >= 11 is 0. The van der Waals surface area contributed by atoms with Crippen LogP contribution in [0.4, 0.5) is 5.82 Å². The summed E-state index contributed by atoms with van der Waals surface area (Å²) in [6, 6.07) is 6.68. The van der Waals surface area contributed by atoms with E-state index in [9.17, 15) is 9.59 Å². The molecule has 1 atom stereocenters. The van der Waals surface area contributed by atoms with Gasteiger partial charge < -0.3 is 9.52 Å². The highest BCUT2D eigenvalue weighted by molar-refractivity contribution is 6.03. The number of aromatic nitrogens is 1. The van der Waals surface area contributed by atoms with Crippen molar-refractivity contribution in [3.63, 3.8) is 0 Å². The third-order valence-corrected chi connectivity index (χ3v) is 3.03. The maximum absolute atomic E-state index is 12.5. The Labute approximate surface area is 122 Å². The van der Waals surface area contributed by atoms with Crippen LogP contribution in [0.25, 0.3) is 0 Å². The molecule has 0 aliphatic rings. The number of pyridine rings is 1. The van der Waals surface area contributed by atoms with Crippen molar-refractivity contribution in [3.05, 3.63) is 48.0 Å². The third-order valence-electron chi connectivity index (χ3n) is 3.03. The average Bonchev–Trinajstić information content (AvgIpc) is 2.97. The van der Waals surface area contributed by atoms with Gasteiger partial charge in [-0.25, -0.2) is 4.98 Å². The maximum atomic E-state index is 12.5. The van der Waals surface area contributed by atoms with Gasteiger partial charge in [0.05, 0.1) is 12.2 Å². The van der Waals surface area contributed by atoms with Crippen molar-refractivity contribution in [2.75, 3.05) is 11.4 Å². The van der Waals surface area contributed by atoms with Gasteiger partial charge in [0.25, 0.3) is 5.91 Å². The number of anilines is 1. The van der Waals surface area contributed by atoms with E-state index in [2.05, 4.69) is 4.98 Å². The molecule has 0 saturated carbocycles. The fourth-order valence-corrected chi connectivity index (χ4v) is 1.83. The molecule has 6 heteroatoms. The average molecular weight is 288 g/mol. The molecule has 0 radical (unpaired) electrons. The van der Waals surface area contributed by atoms with Gasteiger partial charge in [-0.2, -0.15) is 0 Å². The first-order valence-electron chi connectivity index (χ1n) is 6.50. The van der Waals surface area contributed by atoms with Crippen molar-refractivity contribution in [2.24, 2.45) is 5.92 Å². The molecule has 1 amide bonds. The van der Waals surface area contributed by atoms with Gasteiger partial charge in [0, 0.05) is 12.7 Å². The van der Waals surface area contributed by atoms with E-state index in [1.807, 2.05) is 6.92 Å². The number of aryl methyl sites for hydroxylation is 1. The van der Waals surface area contributed by atoms with Crippen molar-refractivity contribution in [2.45, 2.75) is 13.8 Å². The number of rotatable bonds is 5. The number of nitrogens with zero attached hydrogens (tertiary/aromatic N) is 2. The lowest BCUT2D eigenvalue weighted by molar-refractivity contribution is -0.140. The molecule has 0 aromatic carbocycles. The summed E-state index contributed by atoms with van der Waals surface area (Å²) in [6.45, 7) is 3.44. The van der Waals surface area contributed by atoms with Crippen LogP contribution in [0, 0.1) is 12.8 Å². The summed E-state index contributed by atoms with van der Waals surface area (Å²) in [4.78, 5) is 29.0. The molecule has 0 aliphatic carbocycles. The number of carbonyl (C=O) groups is 2. The van der Waals surface area contributed by atoms with Gasteiger partial charge in [0.2, 0.25) is 0 Å². The molecule has 110 valence electrons. The van der Waals surface area contributed by atoms with Gasteiger partial charge in [0.15, 0.2) is 5.76 Å². The van der Waals surface area contributed by atoms with E-state index in [0.29, 0.717) is 5.82 Å². The molecular weight excluding hydrogens is 272 g/mol. The zero-order valence-electron chi connectivity index (χ0n) is 11.8. The SMILES string of the molecule is Cc1ccnc(N(CC(C)C(=O)O)C(=O)c2ccco2)c1. The first-order chi connectivity index (χ1) is 9.99. The second kappa shape index (κ2) is 6.21. The van der Waals surface area contributed by atoms with E-state index in [-0.39, 0.29) is 12.3 Å². The first kappa shape index (κ1) is 14.8. The smallest absolute Gasteiger partial charge is 0.308 e. The Morgan fingerprint density at radius 2 is 2.19 bits per heavy atom. The molecule has 1 unspecified atom stereocenters. The summed E-state index contributed by atoms with van der Waals surface area (Å²) in [7, 11) is 0. The largest absolute Gasteiger partial charge is 0.481 e. The Kier molecular flexibility index (Phi) is 4.37. The van der Waals surface area contributed by atoms with E-state index in [1.165, 1.54) is 17.2 Å². The van der Waals surface area contributed by atoms with Crippen LogP contribution in [0.3, 0.4) is 0 Å². The normalized spacial score (nSPS) is 11.9. The third kappa shape index (κ3) is 3.47. The number of carbonyl (C=O) groups excluding carboxylic acids is 1. The molecule has 2 aromatic heterocycles. The van der Waals surface area contributed by atoms with Gasteiger partial charge in [-0.1, -0.05) is 6.92 Å². The molecule has 1 N–H and O–H groups in total. The minimum Gasteiger partial charge on any atom is -0.481 e. The summed E-state index contributed by atoms with van der Waals surface area (Å²) in [5, 5.41) is 9.06. The first-order valence-corrected chi connectivity index (χ1v) is 6.50. The molecule has 0 aliphatic heterocycles. The molecule has 0 spiro atoms. The topological polar surface area (TPSA) is 83.6 Å². The number of hydrogen-bond acceptors (Lipinski definition) is 4. The lowest BCUT2D eigenvalue weighted by Gasteiger charge is -2.22. The highest BCUT2D eigenvalue weighted by atomic mass is 16.4. The number of aliphatic carboxylic acids is 1. The van der Waals surface area contributed by atoms with Crippen molar-refractivity contribution >= 4 is 17.7 Å². The molecule has 2 rings (SSSR count). The lowest BCUT2D eigenvalue weighted by Crippen LogP contribution is -2.37. The molecule has 2 aromatic rings. The summed E-state index contributed by atoms with van der Waals surface area (Å²) in [5.74, 6) is -1.54. The Bertz CT molecular complexity index is 637. The Hall–Kier alpha value is -2.63. The number of carboxylic acid groups (broad SMARTS) is 1. The highest BCUT2D eigenvalue weighted by Gasteiger charge is 2.25. The van der Waals surface area contributed by atoms with Crippen LogP contribution in [-0.2, 0) is 4.79 Å². The number of furan rings is 1. The van der Waals surface area contributed by atoms with Crippen LogP contribution in [0.15, 0.2) is 41.1 Å². The fraction of sp³-hybridized carbons (Fsp3) is 0.267. The number of amides is 1. The predicted octanol–water partition coefficient (Wildman–Crippen LogP) is 2.35. The van der Waals surface area contributed by atoms with E-state index >= 15 is 0 Å². The van der Waals surface area contributed by atoms with Gasteiger partial charge in [-0.3, -0.25) is 14.5 Å². The van der Waals surface area contributed by atoms with Gasteiger partial charge in [0.1, 0.15) is 5.82 Å². The van der Waals surface area contributed by atoms with Crippen LogP contribution in [0.2, 0.25) is 0 Å².